The number of anilines is 1. The number of rotatable bonds is 5. The van der Waals surface area contributed by atoms with E-state index in [1.165, 1.54) is 0 Å². The van der Waals surface area contributed by atoms with Gasteiger partial charge < -0.3 is 15.0 Å². The molecule has 24 heavy (non-hydrogen) atoms. The molecule has 1 aliphatic heterocycles. The largest absolute Gasteiger partial charge is 0.489 e. The van der Waals surface area contributed by atoms with Crippen LogP contribution in [0.5, 0.6) is 5.75 Å². The zero-order valence-electron chi connectivity index (χ0n) is 14.1. The summed E-state index contributed by atoms with van der Waals surface area (Å²) in [6.45, 7) is 8.71. The molecule has 2 aromatic rings. The molecule has 4 heteroatoms. The van der Waals surface area contributed by atoms with Gasteiger partial charge in [-0.1, -0.05) is 43.0 Å². The maximum atomic E-state index is 13.0. The van der Waals surface area contributed by atoms with Gasteiger partial charge in [-0.3, -0.25) is 4.79 Å². The Balaban J connectivity index is 2.12. The van der Waals surface area contributed by atoms with Gasteiger partial charge in [0.05, 0.1) is 5.56 Å². The minimum Gasteiger partial charge on any atom is -0.489 e. The van der Waals surface area contributed by atoms with Crippen molar-refractivity contribution in [2.24, 2.45) is 0 Å². The van der Waals surface area contributed by atoms with Gasteiger partial charge in [0.1, 0.15) is 18.0 Å². The summed E-state index contributed by atoms with van der Waals surface area (Å²) in [7, 11) is 0. The van der Waals surface area contributed by atoms with Gasteiger partial charge in [0.25, 0.3) is 5.91 Å². The number of benzene rings is 2. The molecule has 1 heterocycles. The first-order valence-corrected chi connectivity index (χ1v) is 8.14. The van der Waals surface area contributed by atoms with Gasteiger partial charge in [0, 0.05) is 17.8 Å². The highest BCUT2D eigenvalue weighted by atomic mass is 16.5. The molecular weight excluding hydrogens is 300 g/mol. The average molecular weight is 322 g/mol. The molecule has 3 rings (SSSR count). The second-order valence-corrected chi connectivity index (χ2v) is 5.89. The van der Waals surface area contributed by atoms with E-state index in [2.05, 4.69) is 11.9 Å². The summed E-state index contributed by atoms with van der Waals surface area (Å²) in [5.74, 6) is 0.769. The molecule has 1 aliphatic rings. The van der Waals surface area contributed by atoms with Gasteiger partial charge in [-0.25, -0.2) is 0 Å². The van der Waals surface area contributed by atoms with Crippen LogP contribution in [0.3, 0.4) is 0 Å². The van der Waals surface area contributed by atoms with Crippen molar-refractivity contribution in [2.75, 3.05) is 18.5 Å². The predicted octanol–water partition coefficient (Wildman–Crippen LogP) is 4.01. The molecule has 0 aliphatic carbocycles. The number of carbonyl (C=O) groups is 1. The number of ether oxygens (including phenoxy) is 1. The first-order valence-electron chi connectivity index (χ1n) is 8.14. The number of hydrogen-bond acceptors (Lipinski definition) is 3. The van der Waals surface area contributed by atoms with Gasteiger partial charge in [-0.2, -0.15) is 0 Å². The summed E-state index contributed by atoms with van der Waals surface area (Å²) in [5.41, 5.74) is 1.78. The smallest absolute Gasteiger partial charge is 0.258 e. The maximum absolute atomic E-state index is 13.0. The molecule has 0 spiro atoms. The molecule has 0 bridgehead atoms. The normalized spacial score (nSPS) is 19.4. The number of carbonyl (C=O) groups excluding carboxylic acids is 1. The van der Waals surface area contributed by atoms with Crippen molar-refractivity contribution in [1.29, 1.82) is 0 Å². The lowest BCUT2D eigenvalue weighted by Gasteiger charge is -2.46. The van der Waals surface area contributed by atoms with Gasteiger partial charge >= 0.3 is 0 Å². The van der Waals surface area contributed by atoms with E-state index in [1.807, 2.05) is 67.3 Å². The average Bonchev–Trinajstić information content (AvgIpc) is 2.60. The van der Waals surface area contributed by atoms with Crippen molar-refractivity contribution < 1.29 is 9.53 Å². The third kappa shape index (κ3) is 2.54. The molecule has 1 amide bonds. The van der Waals surface area contributed by atoms with Gasteiger partial charge in [0.2, 0.25) is 0 Å². The molecule has 0 fully saturated rings. The molecule has 2 aromatic carbocycles. The van der Waals surface area contributed by atoms with Gasteiger partial charge in [-0.15, -0.1) is 0 Å². The highest BCUT2D eigenvalue weighted by molar-refractivity contribution is 6.02. The van der Waals surface area contributed by atoms with E-state index in [1.54, 1.807) is 6.08 Å². The van der Waals surface area contributed by atoms with Crippen LogP contribution in [-0.2, 0) is 5.66 Å². The van der Waals surface area contributed by atoms with E-state index in [0.29, 0.717) is 18.7 Å². The second-order valence-electron chi connectivity index (χ2n) is 5.89. The summed E-state index contributed by atoms with van der Waals surface area (Å²) in [4.78, 5) is 14.8. The van der Waals surface area contributed by atoms with Crippen LogP contribution in [0.25, 0.3) is 0 Å². The van der Waals surface area contributed by atoms with Crippen molar-refractivity contribution in [3.63, 3.8) is 0 Å². The Morgan fingerprint density at radius 1 is 1.21 bits per heavy atom. The number of nitrogens with zero attached hydrogens (tertiary/aromatic N) is 1. The van der Waals surface area contributed by atoms with Crippen LogP contribution >= 0.6 is 0 Å². The molecule has 1 N–H and O–H groups in total. The summed E-state index contributed by atoms with van der Waals surface area (Å²) in [6, 6.07) is 15.4. The zero-order valence-corrected chi connectivity index (χ0v) is 14.1. The first-order chi connectivity index (χ1) is 11.6. The molecule has 1 atom stereocenters. The summed E-state index contributed by atoms with van der Waals surface area (Å²) in [5, 5.41) is 3.54. The van der Waals surface area contributed by atoms with E-state index < -0.39 is 5.66 Å². The maximum Gasteiger partial charge on any atom is 0.258 e. The predicted molar refractivity (Wildman–Crippen MR) is 96.3 cm³/mol. The Hall–Kier alpha value is -2.75. The Morgan fingerprint density at radius 3 is 2.67 bits per heavy atom. The lowest BCUT2D eigenvalue weighted by molar-refractivity contribution is 0.0548. The highest BCUT2D eigenvalue weighted by Crippen LogP contribution is 2.40. The lowest BCUT2D eigenvalue weighted by atomic mass is 9.93. The molecule has 0 saturated carbocycles. The van der Waals surface area contributed by atoms with Crippen LogP contribution < -0.4 is 10.1 Å². The van der Waals surface area contributed by atoms with E-state index in [-0.39, 0.29) is 5.91 Å². The van der Waals surface area contributed by atoms with Crippen LogP contribution in [0.2, 0.25) is 0 Å². The summed E-state index contributed by atoms with van der Waals surface area (Å²) in [6.07, 6.45) is 1.71. The van der Waals surface area contributed by atoms with Crippen LogP contribution in [0.15, 0.2) is 61.2 Å². The number of nitrogens with one attached hydrogen (secondary N) is 1. The summed E-state index contributed by atoms with van der Waals surface area (Å²) >= 11 is 0. The van der Waals surface area contributed by atoms with E-state index in [4.69, 9.17) is 4.74 Å². The summed E-state index contributed by atoms with van der Waals surface area (Å²) < 4.78 is 5.82. The SMILES string of the molecule is C=CCOc1ccccc1C1(C)Nc2ccccc2C(=O)N1CC. The number of fused-ring (bicyclic) bond motifs is 1. The fourth-order valence-electron chi connectivity index (χ4n) is 3.27. The molecule has 1 unspecified atom stereocenters. The molecule has 4 nitrogen and oxygen atoms in total. The van der Waals surface area contributed by atoms with Crippen molar-refractivity contribution in [2.45, 2.75) is 19.5 Å². The quantitative estimate of drug-likeness (QED) is 0.846. The topological polar surface area (TPSA) is 41.6 Å². The first kappa shape index (κ1) is 16.1. The fourth-order valence-corrected chi connectivity index (χ4v) is 3.27. The van der Waals surface area contributed by atoms with E-state index >= 15 is 0 Å². The van der Waals surface area contributed by atoms with E-state index in [9.17, 15) is 4.79 Å². The highest BCUT2D eigenvalue weighted by Gasteiger charge is 2.43. The van der Waals surface area contributed by atoms with E-state index in [0.717, 1.165) is 17.0 Å². The third-order valence-electron chi connectivity index (χ3n) is 4.40. The van der Waals surface area contributed by atoms with Crippen molar-refractivity contribution in [3.8, 4) is 5.75 Å². The zero-order chi connectivity index (χ0) is 17.2. The van der Waals surface area contributed by atoms with Crippen LogP contribution in [0.1, 0.15) is 29.8 Å². The number of amides is 1. The Morgan fingerprint density at radius 2 is 1.92 bits per heavy atom. The molecule has 0 saturated heterocycles. The van der Waals surface area contributed by atoms with Crippen molar-refractivity contribution in [3.05, 3.63) is 72.3 Å². The number of para-hydroxylation sites is 2. The monoisotopic (exact) mass is 322 g/mol. The Bertz CT molecular complexity index is 772. The second kappa shape index (κ2) is 6.40. The van der Waals surface area contributed by atoms with Crippen LogP contribution in [-0.4, -0.2) is 24.0 Å². The van der Waals surface area contributed by atoms with Crippen molar-refractivity contribution in [1.82, 2.24) is 4.90 Å². The third-order valence-corrected chi connectivity index (χ3v) is 4.40. The fraction of sp³-hybridized carbons (Fsp3) is 0.250. The lowest BCUT2D eigenvalue weighted by Crippen LogP contribution is -2.55. The molecule has 0 radical (unpaired) electrons. The minimum absolute atomic E-state index is 0.0212. The van der Waals surface area contributed by atoms with Crippen LogP contribution in [0, 0.1) is 0 Å². The van der Waals surface area contributed by atoms with Gasteiger partial charge in [0.15, 0.2) is 0 Å². The van der Waals surface area contributed by atoms with Crippen LogP contribution in [0.4, 0.5) is 5.69 Å². The van der Waals surface area contributed by atoms with Crippen molar-refractivity contribution >= 4 is 11.6 Å². The standard InChI is InChI=1S/C20H22N2O2/c1-4-14-24-18-13-9-7-11-16(18)20(3)21-17-12-8-6-10-15(17)19(23)22(20)5-2/h4,6-13,21H,1,5,14H2,2-3H3. The Kier molecular flexibility index (Phi) is 4.30. The number of hydrogen-bond donors (Lipinski definition) is 1. The Labute approximate surface area is 142 Å². The molecular formula is C20H22N2O2. The molecule has 0 aromatic heterocycles. The van der Waals surface area contributed by atoms with Gasteiger partial charge in [-0.05, 0) is 32.0 Å². The minimum atomic E-state index is -0.683. The molecule has 124 valence electrons.